The number of carbonyl (C=O) groups is 1. The summed E-state index contributed by atoms with van der Waals surface area (Å²) in [5, 5.41) is 0. The van der Waals surface area contributed by atoms with E-state index in [-0.39, 0.29) is 16.2 Å². The van der Waals surface area contributed by atoms with Gasteiger partial charge in [0, 0.05) is 5.56 Å². The van der Waals surface area contributed by atoms with E-state index in [1.54, 1.807) is 6.07 Å². The maximum Gasteiger partial charge on any atom is 0.175 e. The molecule has 0 N–H and O–H groups in total. The van der Waals surface area contributed by atoms with Crippen molar-refractivity contribution < 1.29 is 17.8 Å². The Hall–Kier alpha value is -1.88. The molecule has 2 rings (SSSR count). The van der Waals surface area contributed by atoms with Gasteiger partial charge in [0.25, 0.3) is 0 Å². The zero-order chi connectivity index (χ0) is 13.8. The zero-order valence-corrected chi connectivity index (χ0v) is 10.6. The highest BCUT2D eigenvalue weighted by atomic mass is 32.2. The van der Waals surface area contributed by atoms with Crippen LogP contribution in [0.15, 0.2) is 53.4 Å². The van der Waals surface area contributed by atoms with E-state index < -0.39 is 28.2 Å². The lowest BCUT2D eigenvalue weighted by Crippen LogP contribution is -2.12. The Kier molecular flexibility index (Phi) is 4.16. The molecule has 0 radical (unpaired) electrons. The van der Waals surface area contributed by atoms with Gasteiger partial charge in [0.05, 0.1) is 21.4 Å². The summed E-state index contributed by atoms with van der Waals surface area (Å²) < 4.78 is 38.0. The van der Waals surface area contributed by atoms with Crippen LogP contribution in [0.2, 0.25) is 0 Å². The fourth-order valence-corrected chi connectivity index (χ4v) is 2.62. The molecular formula is C14H10F2O2S. The molecule has 2 aromatic rings. The lowest BCUT2D eigenvalue weighted by Gasteiger charge is -2.03. The van der Waals surface area contributed by atoms with Gasteiger partial charge in [-0.15, -0.1) is 0 Å². The molecule has 0 saturated heterocycles. The maximum atomic E-state index is 13.4. The Labute approximate surface area is 111 Å². The normalized spacial score (nSPS) is 12.1. The van der Waals surface area contributed by atoms with E-state index in [1.807, 2.05) is 0 Å². The largest absolute Gasteiger partial charge is 0.293 e. The summed E-state index contributed by atoms with van der Waals surface area (Å²) in [6, 6.07) is 10.5. The molecule has 0 saturated carbocycles. The van der Waals surface area contributed by atoms with E-state index in [9.17, 15) is 17.8 Å². The molecule has 2 nitrogen and oxygen atoms in total. The number of rotatable bonds is 4. The van der Waals surface area contributed by atoms with Gasteiger partial charge in [-0.2, -0.15) is 0 Å². The molecule has 0 aliphatic heterocycles. The molecule has 0 aliphatic rings. The predicted octanol–water partition coefficient (Wildman–Crippen LogP) is 2.96. The molecule has 1 atom stereocenters. The minimum Gasteiger partial charge on any atom is -0.293 e. The first-order chi connectivity index (χ1) is 9.08. The first-order valence-corrected chi connectivity index (χ1v) is 6.81. The molecule has 2 aromatic carbocycles. The van der Waals surface area contributed by atoms with Gasteiger partial charge < -0.3 is 0 Å². The topological polar surface area (TPSA) is 34.1 Å². The van der Waals surface area contributed by atoms with E-state index in [1.165, 1.54) is 30.3 Å². The van der Waals surface area contributed by atoms with Crippen LogP contribution in [0.3, 0.4) is 0 Å². The third-order valence-corrected chi connectivity index (χ3v) is 3.86. The van der Waals surface area contributed by atoms with Crippen LogP contribution in [0, 0.1) is 11.6 Å². The lowest BCUT2D eigenvalue weighted by molar-refractivity contribution is 0.102. The smallest absolute Gasteiger partial charge is 0.175 e. The highest BCUT2D eigenvalue weighted by Gasteiger charge is 2.15. The molecule has 0 bridgehead atoms. The van der Waals surface area contributed by atoms with Crippen molar-refractivity contribution >= 4 is 16.6 Å². The second-order valence-electron chi connectivity index (χ2n) is 3.85. The third kappa shape index (κ3) is 3.32. The SMILES string of the molecule is O=C(CS(=O)c1ccccc1F)c1ccc(F)cc1. The van der Waals surface area contributed by atoms with Gasteiger partial charge in [0.15, 0.2) is 5.78 Å². The van der Waals surface area contributed by atoms with Crippen molar-refractivity contribution in [1.82, 2.24) is 0 Å². The molecule has 0 amide bonds. The van der Waals surface area contributed by atoms with Crippen molar-refractivity contribution in [3.05, 3.63) is 65.7 Å². The summed E-state index contributed by atoms with van der Waals surface area (Å²) in [5.74, 6) is -1.80. The highest BCUT2D eigenvalue weighted by Crippen LogP contribution is 2.13. The van der Waals surface area contributed by atoms with Gasteiger partial charge in [-0.3, -0.25) is 9.00 Å². The van der Waals surface area contributed by atoms with Crippen LogP contribution in [0.1, 0.15) is 10.4 Å². The van der Waals surface area contributed by atoms with E-state index in [2.05, 4.69) is 0 Å². The van der Waals surface area contributed by atoms with E-state index >= 15 is 0 Å². The van der Waals surface area contributed by atoms with Crippen molar-refractivity contribution in [2.24, 2.45) is 0 Å². The molecule has 0 aromatic heterocycles. The van der Waals surface area contributed by atoms with Crippen LogP contribution >= 0.6 is 0 Å². The molecule has 19 heavy (non-hydrogen) atoms. The Morgan fingerprint density at radius 2 is 1.63 bits per heavy atom. The zero-order valence-electron chi connectivity index (χ0n) is 9.81. The van der Waals surface area contributed by atoms with Gasteiger partial charge in [-0.1, -0.05) is 12.1 Å². The van der Waals surface area contributed by atoms with Crippen molar-refractivity contribution in [1.29, 1.82) is 0 Å². The van der Waals surface area contributed by atoms with E-state index in [4.69, 9.17) is 0 Å². The molecule has 1 unspecified atom stereocenters. The van der Waals surface area contributed by atoms with Crippen LogP contribution < -0.4 is 0 Å². The Balaban J connectivity index is 2.13. The second kappa shape index (κ2) is 5.84. The Bertz CT molecular complexity index is 624. The van der Waals surface area contributed by atoms with Crippen molar-refractivity contribution in [2.75, 3.05) is 5.75 Å². The summed E-state index contributed by atoms with van der Waals surface area (Å²) in [6.07, 6.45) is 0. The van der Waals surface area contributed by atoms with Crippen LogP contribution in [0.4, 0.5) is 8.78 Å². The second-order valence-corrected chi connectivity index (χ2v) is 5.27. The van der Waals surface area contributed by atoms with Crippen molar-refractivity contribution in [3.8, 4) is 0 Å². The summed E-state index contributed by atoms with van der Waals surface area (Å²) in [7, 11) is -1.75. The minimum atomic E-state index is -1.75. The number of hydrogen-bond acceptors (Lipinski definition) is 2. The van der Waals surface area contributed by atoms with Crippen LogP contribution in [-0.2, 0) is 10.8 Å². The molecule has 5 heteroatoms. The molecule has 0 heterocycles. The minimum absolute atomic E-state index is 0.00189. The van der Waals surface area contributed by atoms with Gasteiger partial charge in [-0.25, -0.2) is 8.78 Å². The maximum absolute atomic E-state index is 13.4. The lowest BCUT2D eigenvalue weighted by atomic mass is 10.1. The molecular weight excluding hydrogens is 270 g/mol. The summed E-state index contributed by atoms with van der Waals surface area (Å²) in [4.78, 5) is 11.8. The average Bonchev–Trinajstić information content (AvgIpc) is 2.39. The monoisotopic (exact) mass is 280 g/mol. The molecule has 98 valence electrons. The summed E-state index contributed by atoms with van der Waals surface area (Å²) in [5.41, 5.74) is 0.256. The fourth-order valence-electron chi connectivity index (χ4n) is 1.55. The van der Waals surface area contributed by atoms with Crippen LogP contribution in [-0.4, -0.2) is 15.7 Å². The Morgan fingerprint density at radius 3 is 2.26 bits per heavy atom. The quantitative estimate of drug-likeness (QED) is 0.807. The standard InChI is InChI=1S/C14H10F2O2S/c15-11-7-5-10(6-8-11)13(17)9-19(18)14-4-2-1-3-12(14)16/h1-8H,9H2. The first-order valence-electron chi connectivity index (χ1n) is 5.49. The molecule has 0 spiro atoms. The van der Waals surface area contributed by atoms with Crippen molar-refractivity contribution in [2.45, 2.75) is 4.90 Å². The van der Waals surface area contributed by atoms with Crippen molar-refractivity contribution in [3.63, 3.8) is 0 Å². The van der Waals surface area contributed by atoms with E-state index in [0.29, 0.717) is 0 Å². The number of carbonyl (C=O) groups excluding carboxylic acids is 1. The Morgan fingerprint density at radius 1 is 1.00 bits per heavy atom. The van der Waals surface area contributed by atoms with Crippen LogP contribution in [0.5, 0.6) is 0 Å². The van der Waals surface area contributed by atoms with Gasteiger partial charge in [0.2, 0.25) is 0 Å². The number of ketones is 1. The number of Topliss-reactive ketones (excluding diaryl/α,β-unsaturated/α-hetero) is 1. The average molecular weight is 280 g/mol. The first kappa shape index (κ1) is 13.5. The molecule has 0 fully saturated rings. The number of halogens is 2. The molecule has 0 aliphatic carbocycles. The summed E-state index contributed by atoms with van der Waals surface area (Å²) >= 11 is 0. The van der Waals surface area contributed by atoms with Gasteiger partial charge in [-0.05, 0) is 36.4 Å². The van der Waals surface area contributed by atoms with Crippen LogP contribution in [0.25, 0.3) is 0 Å². The number of benzene rings is 2. The van der Waals surface area contributed by atoms with Gasteiger partial charge >= 0.3 is 0 Å². The van der Waals surface area contributed by atoms with E-state index in [0.717, 1.165) is 12.1 Å². The van der Waals surface area contributed by atoms with Gasteiger partial charge in [0.1, 0.15) is 11.6 Å². The third-order valence-electron chi connectivity index (χ3n) is 2.51. The highest BCUT2D eigenvalue weighted by molar-refractivity contribution is 7.85. The summed E-state index contributed by atoms with van der Waals surface area (Å²) in [6.45, 7) is 0. The fraction of sp³-hybridized carbons (Fsp3) is 0.0714. The number of hydrogen-bond donors (Lipinski definition) is 0. The predicted molar refractivity (Wildman–Crippen MR) is 68.4 cm³/mol.